The van der Waals surface area contributed by atoms with Crippen molar-refractivity contribution in [1.29, 1.82) is 0 Å². The summed E-state index contributed by atoms with van der Waals surface area (Å²) in [6.07, 6.45) is 1.95. The van der Waals surface area contributed by atoms with Gasteiger partial charge in [-0.1, -0.05) is 17.7 Å². The highest BCUT2D eigenvalue weighted by Crippen LogP contribution is 2.36. The fourth-order valence-corrected chi connectivity index (χ4v) is 4.24. The SMILES string of the molecule is COC(=O)C1=C(CNCCNCC[C@@H](N)C(=O)O)NC(c2nccs2)=N[C@H]1c1ccc(F)cc1Cl. The van der Waals surface area contributed by atoms with Crippen molar-refractivity contribution >= 4 is 40.7 Å². The van der Waals surface area contributed by atoms with Crippen LogP contribution in [0.2, 0.25) is 5.02 Å². The second-order valence-electron chi connectivity index (χ2n) is 7.55. The van der Waals surface area contributed by atoms with Crippen molar-refractivity contribution in [3.63, 3.8) is 0 Å². The fourth-order valence-electron chi connectivity index (χ4n) is 3.38. The number of thiazole rings is 1. The first-order chi connectivity index (χ1) is 16.8. The largest absolute Gasteiger partial charge is 0.480 e. The summed E-state index contributed by atoms with van der Waals surface area (Å²) in [5.41, 5.74) is 6.71. The predicted molar refractivity (Wildman–Crippen MR) is 131 cm³/mol. The maximum absolute atomic E-state index is 13.7. The number of nitrogens with one attached hydrogen (secondary N) is 3. The number of carboxylic acids is 1. The molecular formula is C22H26ClFN6O4S. The van der Waals surface area contributed by atoms with Gasteiger partial charge in [0.05, 0.1) is 12.7 Å². The number of aliphatic carboxylic acids is 1. The zero-order valence-corrected chi connectivity index (χ0v) is 20.5. The lowest BCUT2D eigenvalue weighted by Crippen LogP contribution is -2.40. The van der Waals surface area contributed by atoms with Gasteiger partial charge < -0.3 is 31.5 Å². The van der Waals surface area contributed by atoms with E-state index in [0.717, 1.165) is 0 Å². The van der Waals surface area contributed by atoms with Gasteiger partial charge in [0.15, 0.2) is 10.8 Å². The summed E-state index contributed by atoms with van der Waals surface area (Å²) >= 11 is 7.70. The third kappa shape index (κ3) is 7.05. The number of benzene rings is 1. The van der Waals surface area contributed by atoms with E-state index in [-0.39, 0.29) is 17.1 Å². The van der Waals surface area contributed by atoms with Crippen LogP contribution in [0.15, 0.2) is 46.0 Å². The minimum atomic E-state index is -1.04. The van der Waals surface area contributed by atoms with Gasteiger partial charge in [0.1, 0.15) is 17.9 Å². The van der Waals surface area contributed by atoms with Crippen LogP contribution in [0.3, 0.4) is 0 Å². The Hall–Kier alpha value is -2.90. The molecule has 0 saturated heterocycles. The summed E-state index contributed by atoms with van der Waals surface area (Å²) in [7, 11) is 1.27. The lowest BCUT2D eigenvalue weighted by atomic mass is 9.95. The van der Waals surface area contributed by atoms with E-state index in [1.807, 2.05) is 0 Å². The summed E-state index contributed by atoms with van der Waals surface area (Å²) in [6.45, 7) is 1.79. The minimum absolute atomic E-state index is 0.136. The molecule has 0 saturated carbocycles. The Morgan fingerprint density at radius 2 is 2.11 bits per heavy atom. The van der Waals surface area contributed by atoms with Crippen LogP contribution in [-0.4, -0.2) is 67.2 Å². The number of nitrogens with zero attached hydrogens (tertiary/aromatic N) is 2. The van der Waals surface area contributed by atoms with E-state index >= 15 is 0 Å². The second kappa shape index (κ2) is 12.7. The highest BCUT2D eigenvalue weighted by molar-refractivity contribution is 7.11. The number of esters is 1. The van der Waals surface area contributed by atoms with Gasteiger partial charge in [-0.05, 0) is 25.1 Å². The molecule has 0 fully saturated rings. The predicted octanol–water partition coefficient (Wildman–Crippen LogP) is 1.44. The van der Waals surface area contributed by atoms with E-state index in [9.17, 15) is 14.0 Å². The number of halogens is 2. The topological polar surface area (TPSA) is 151 Å². The van der Waals surface area contributed by atoms with Crippen LogP contribution in [0, 0.1) is 5.82 Å². The molecule has 1 aliphatic heterocycles. The molecule has 35 heavy (non-hydrogen) atoms. The zero-order valence-electron chi connectivity index (χ0n) is 18.9. The van der Waals surface area contributed by atoms with Crippen LogP contribution < -0.4 is 21.7 Å². The Morgan fingerprint density at radius 3 is 2.77 bits per heavy atom. The van der Waals surface area contributed by atoms with Crippen molar-refractivity contribution < 1.29 is 23.8 Å². The number of nitrogens with two attached hydrogens (primary N) is 1. The van der Waals surface area contributed by atoms with E-state index in [1.165, 1.54) is 36.6 Å². The lowest BCUT2D eigenvalue weighted by Gasteiger charge is -2.27. The molecule has 0 radical (unpaired) electrons. The van der Waals surface area contributed by atoms with Crippen molar-refractivity contribution in [2.45, 2.75) is 18.5 Å². The fraction of sp³-hybridized carbons (Fsp3) is 0.364. The maximum Gasteiger partial charge on any atom is 0.338 e. The van der Waals surface area contributed by atoms with Gasteiger partial charge in [0, 0.05) is 47.5 Å². The molecule has 188 valence electrons. The standard InChI is InChI=1S/C22H26ClFN6O4S/c1-34-22(33)17-16(11-27-7-6-26-5-4-15(25)21(31)32)29-19(20-28-8-9-35-20)30-18(17)13-3-2-12(24)10-14(13)23/h2-3,8-10,15,18,26-27H,4-7,11,25H2,1H3,(H,29,30)(H,31,32)/t15-,18+/m1/s1. The normalized spacial score (nSPS) is 16.5. The number of aromatic nitrogens is 1. The van der Waals surface area contributed by atoms with E-state index < -0.39 is 29.8 Å². The number of hydrogen-bond donors (Lipinski definition) is 5. The molecule has 2 aromatic rings. The van der Waals surface area contributed by atoms with Crippen LogP contribution >= 0.6 is 22.9 Å². The number of ether oxygens (including phenoxy) is 1. The molecule has 10 nitrogen and oxygen atoms in total. The zero-order chi connectivity index (χ0) is 25.4. The molecule has 1 aliphatic rings. The van der Waals surface area contributed by atoms with E-state index in [4.69, 9.17) is 27.2 Å². The Bertz CT molecular complexity index is 1110. The number of carboxylic acid groups (broad SMARTS) is 1. The molecule has 2 heterocycles. The van der Waals surface area contributed by atoms with Crippen LogP contribution in [0.25, 0.3) is 0 Å². The average Bonchev–Trinajstić information content (AvgIpc) is 3.37. The lowest BCUT2D eigenvalue weighted by molar-refractivity contribution is -0.139. The third-order valence-electron chi connectivity index (χ3n) is 5.15. The number of rotatable bonds is 12. The van der Waals surface area contributed by atoms with Crippen LogP contribution in [-0.2, 0) is 14.3 Å². The van der Waals surface area contributed by atoms with Crippen molar-refractivity contribution in [2.75, 3.05) is 33.3 Å². The summed E-state index contributed by atoms with van der Waals surface area (Å²) < 4.78 is 18.7. The Balaban J connectivity index is 1.78. The molecule has 6 N–H and O–H groups in total. The highest BCUT2D eigenvalue weighted by atomic mass is 35.5. The molecule has 2 atom stereocenters. The minimum Gasteiger partial charge on any atom is -0.480 e. The summed E-state index contributed by atoms with van der Waals surface area (Å²) in [6, 6.07) is 2.19. The van der Waals surface area contributed by atoms with E-state index in [0.29, 0.717) is 48.2 Å². The molecule has 0 amide bonds. The molecule has 3 rings (SSSR count). The summed E-state index contributed by atoms with van der Waals surface area (Å²) in [5.74, 6) is -1.68. The van der Waals surface area contributed by atoms with Crippen molar-refractivity contribution in [3.05, 3.63) is 62.5 Å². The molecular weight excluding hydrogens is 499 g/mol. The van der Waals surface area contributed by atoms with Gasteiger partial charge in [-0.3, -0.25) is 9.79 Å². The first kappa shape index (κ1) is 26.7. The van der Waals surface area contributed by atoms with Gasteiger partial charge in [-0.2, -0.15) is 0 Å². The van der Waals surface area contributed by atoms with E-state index in [2.05, 4.69) is 25.9 Å². The Morgan fingerprint density at radius 1 is 1.34 bits per heavy atom. The van der Waals surface area contributed by atoms with Gasteiger partial charge in [-0.15, -0.1) is 11.3 Å². The molecule has 0 unspecified atom stereocenters. The van der Waals surface area contributed by atoms with E-state index in [1.54, 1.807) is 11.6 Å². The monoisotopic (exact) mass is 524 g/mol. The van der Waals surface area contributed by atoms with Crippen molar-refractivity contribution in [3.8, 4) is 0 Å². The van der Waals surface area contributed by atoms with Gasteiger partial charge in [0.2, 0.25) is 0 Å². The summed E-state index contributed by atoms with van der Waals surface area (Å²) in [5, 5.41) is 20.9. The molecule has 0 aliphatic carbocycles. The number of methoxy groups -OCH3 is 1. The smallest absolute Gasteiger partial charge is 0.338 e. The highest BCUT2D eigenvalue weighted by Gasteiger charge is 2.33. The van der Waals surface area contributed by atoms with Gasteiger partial charge in [-0.25, -0.2) is 14.2 Å². The molecule has 0 spiro atoms. The number of carbonyl (C=O) groups is 2. The number of aliphatic imine (C=N–C) groups is 1. The second-order valence-corrected chi connectivity index (χ2v) is 8.85. The average molecular weight is 525 g/mol. The first-order valence-electron chi connectivity index (χ1n) is 10.7. The van der Waals surface area contributed by atoms with Gasteiger partial charge in [0.25, 0.3) is 0 Å². The van der Waals surface area contributed by atoms with Crippen molar-refractivity contribution in [1.82, 2.24) is 20.9 Å². The Kier molecular flexibility index (Phi) is 9.69. The number of hydrogen-bond acceptors (Lipinski definition) is 10. The number of amidine groups is 1. The first-order valence-corrected chi connectivity index (χ1v) is 12.0. The third-order valence-corrected chi connectivity index (χ3v) is 6.26. The molecule has 1 aromatic carbocycles. The van der Waals surface area contributed by atoms with Crippen LogP contribution in [0.4, 0.5) is 4.39 Å². The van der Waals surface area contributed by atoms with Gasteiger partial charge >= 0.3 is 11.9 Å². The quantitative estimate of drug-likeness (QED) is 0.205. The Labute approximate surface area is 210 Å². The molecule has 1 aromatic heterocycles. The van der Waals surface area contributed by atoms with Crippen molar-refractivity contribution in [2.24, 2.45) is 10.7 Å². The van der Waals surface area contributed by atoms with Crippen LogP contribution in [0.5, 0.6) is 0 Å². The van der Waals surface area contributed by atoms with Crippen LogP contribution in [0.1, 0.15) is 23.0 Å². The molecule has 0 bridgehead atoms. The number of carbonyl (C=O) groups excluding carboxylic acids is 1. The summed E-state index contributed by atoms with van der Waals surface area (Å²) in [4.78, 5) is 32.6. The molecule has 13 heteroatoms. The maximum atomic E-state index is 13.7.